The summed E-state index contributed by atoms with van der Waals surface area (Å²) in [7, 11) is 0. The molecule has 9 heteroatoms. The van der Waals surface area contributed by atoms with Crippen LogP contribution in [0.5, 0.6) is 5.75 Å². The molecule has 168 valence electrons. The van der Waals surface area contributed by atoms with Gasteiger partial charge in [-0.1, -0.05) is 11.6 Å². The van der Waals surface area contributed by atoms with E-state index in [1.807, 2.05) is 4.90 Å². The molecule has 0 spiro atoms. The van der Waals surface area contributed by atoms with Crippen LogP contribution < -0.4 is 15.8 Å². The predicted octanol–water partition coefficient (Wildman–Crippen LogP) is 3.37. The number of likely N-dealkylation sites (tertiary alicyclic amines) is 1. The van der Waals surface area contributed by atoms with E-state index in [9.17, 15) is 9.59 Å². The third kappa shape index (κ3) is 6.39. The van der Waals surface area contributed by atoms with Gasteiger partial charge in [0.15, 0.2) is 5.60 Å². The van der Waals surface area contributed by atoms with Crippen molar-refractivity contribution in [1.29, 1.82) is 0 Å². The Morgan fingerprint density at radius 2 is 1.73 bits per heavy atom. The van der Waals surface area contributed by atoms with Gasteiger partial charge in [-0.2, -0.15) is 0 Å². The maximum atomic E-state index is 13.5. The summed E-state index contributed by atoms with van der Waals surface area (Å²) in [5.41, 5.74) is 5.22. The highest BCUT2D eigenvalue weighted by Crippen LogP contribution is 2.36. The normalized spacial score (nSPS) is 24.6. The number of hydrogen-bond donors (Lipinski definition) is 2. The topological polar surface area (TPSA) is 84.7 Å². The van der Waals surface area contributed by atoms with Crippen LogP contribution in [-0.4, -0.2) is 53.9 Å². The van der Waals surface area contributed by atoms with E-state index in [-0.39, 0.29) is 36.1 Å². The number of carbonyl (C=O) groups excluding carboxylic acids is 2. The van der Waals surface area contributed by atoms with Crippen LogP contribution in [0.25, 0.3) is 0 Å². The second-order valence-electron chi connectivity index (χ2n) is 8.06. The fraction of sp³-hybridized carbons (Fsp3) is 0.619. The lowest BCUT2D eigenvalue weighted by Gasteiger charge is -2.43. The molecule has 2 fully saturated rings. The molecule has 3 rings (SSSR count). The number of alkyl halides is 1. The van der Waals surface area contributed by atoms with Gasteiger partial charge in [0.2, 0.25) is 5.91 Å². The fourth-order valence-electron chi connectivity index (χ4n) is 4.13. The molecule has 1 saturated carbocycles. The molecule has 1 aliphatic heterocycles. The van der Waals surface area contributed by atoms with E-state index in [0.717, 1.165) is 25.7 Å². The molecule has 1 saturated heterocycles. The van der Waals surface area contributed by atoms with Gasteiger partial charge < -0.3 is 20.7 Å². The third-order valence-electron chi connectivity index (χ3n) is 5.97. The molecule has 0 unspecified atom stereocenters. The highest BCUT2D eigenvalue weighted by molar-refractivity contribution is 6.30. The van der Waals surface area contributed by atoms with Crippen LogP contribution in [0.3, 0.4) is 0 Å². The van der Waals surface area contributed by atoms with E-state index in [4.69, 9.17) is 33.7 Å². The zero-order valence-electron chi connectivity index (χ0n) is 16.9. The average Bonchev–Trinajstić information content (AvgIpc) is 2.75. The number of carbonyl (C=O) groups is 2. The Labute approximate surface area is 194 Å². The molecule has 30 heavy (non-hydrogen) atoms. The van der Waals surface area contributed by atoms with Crippen LogP contribution in [0.1, 0.15) is 38.5 Å². The second-order valence-corrected chi connectivity index (χ2v) is 8.76. The highest BCUT2D eigenvalue weighted by atomic mass is 35.5. The molecule has 6 nitrogen and oxygen atoms in total. The Bertz CT molecular complexity index is 701. The molecular weight excluding hydrogens is 449 g/mol. The molecule has 1 aromatic rings. The Kier molecular flexibility index (Phi) is 9.54. The number of hydrogen-bond acceptors (Lipinski definition) is 4. The smallest absolute Gasteiger partial charge is 0.266 e. The van der Waals surface area contributed by atoms with Gasteiger partial charge in [0.05, 0.1) is 0 Å². The van der Waals surface area contributed by atoms with E-state index in [0.29, 0.717) is 49.2 Å². The SMILES string of the molecule is Cl.NC1CCC(Oc2ccc(Cl)cc2)(C(=O)N2CCC(CNC(=O)CCl)CC2)CC1. The lowest BCUT2D eigenvalue weighted by Crippen LogP contribution is -2.57. The first-order valence-corrected chi connectivity index (χ1v) is 11.2. The van der Waals surface area contributed by atoms with E-state index < -0.39 is 5.60 Å². The molecular formula is C21H30Cl3N3O3. The first-order chi connectivity index (χ1) is 13.9. The van der Waals surface area contributed by atoms with E-state index in [1.54, 1.807) is 24.3 Å². The quantitative estimate of drug-likeness (QED) is 0.614. The Hall–Kier alpha value is -1.21. The molecule has 2 amide bonds. The maximum absolute atomic E-state index is 13.5. The van der Waals surface area contributed by atoms with Crippen molar-refractivity contribution in [3.8, 4) is 5.75 Å². The summed E-state index contributed by atoms with van der Waals surface area (Å²) >= 11 is 11.5. The van der Waals surface area contributed by atoms with Crippen molar-refractivity contribution >= 4 is 47.4 Å². The number of nitrogens with zero attached hydrogens (tertiary/aromatic N) is 1. The molecule has 1 heterocycles. The van der Waals surface area contributed by atoms with E-state index >= 15 is 0 Å². The number of halogens is 3. The minimum Gasteiger partial charge on any atom is -0.477 e. The Morgan fingerprint density at radius 3 is 2.30 bits per heavy atom. The van der Waals surface area contributed by atoms with Gasteiger partial charge in [-0.25, -0.2) is 0 Å². The largest absolute Gasteiger partial charge is 0.477 e. The lowest BCUT2D eigenvalue weighted by molar-refractivity contribution is -0.153. The summed E-state index contributed by atoms with van der Waals surface area (Å²) in [4.78, 5) is 26.8. The third-order valence-corrected chi connectivity index (χ3v) is 6.46. The van der Waals surface area contributed by atoms with Gasteiger partial charge in [-0.3, -0.25) is 9.59 Å². The fourth-order valence-corrected chi connectivity index (χ4v) is 4.35. The summed E-state index contributed by atoms with van der Waals surface area (Å²) in [5, 5.41) is 3.47. The Balaban J connectivity index is 0.00000320. The molecule has 1 aliphatic carbocycles. The van der Waals surface area contributed by atoms with Crippen molar-refractivity contribution in [2.75, 3.05) is 25.5 Å². The van der Waals surface area contributed by atoms with Gasteiger partial charge in [-0.15, -0.1) is 24.0 Å². The van der Waals surface area contributed by atoms with Crippen LogP contribution in [0, 0.1) is 5.92 Å². The van der Waals surface area contributed by atoms with Gasteiger partial charge in [0.1, 0.15) is 11.6 Å². The number of rotatable bonds is 6. The van der Waals surface area contributed by atoms with Gasteiger partial charge in [-0.05, 0) is 68.7 Å². The standard InChI is InChI=1S/C21H29Cl2N3O3.ClH/c22-13-19(27)25-14-15-7-11-26(12-8-15)20(28)21(9-5-17(24)6-10-21)29-18-3-1-16(23)2-4-18;/h1-4,15,17H,5-14,24H2,(H,25,27);1H. The summed E-state index contributed by atoms with van der Waals surface area (Å²) in [6.45, 7) is 1.94. The predicted molar refractivity (Wildman–Crippen MR) is 122 cm³/mol. The van der Waals surface area contributed by atoms with Gasteiger partial charge in [0.25, 0.3) is 5.91 Å². The molecule has 0 radical (unpaired) electrons. The van der Waals surface area contributed by atoms with Crippen molar-refractivity contribution < 1.29 is 14.3 Å². The zero-order valence-corrected chi connectivity index (χ0v) is 19.3. The highest BCUT2D eigenvalue weighted by Gasteiger charge is 2.46. The van der Waals surface area contributed by atoms with Crippen molar-refractivity contribution in [1.82, 2.24) is 10.2 Å². The number of nitrogens with two attached hydrogens (primary N) is 1. The number of piperidine rings is 1. The van der Waals surface area contributed by atoms with E-state index in [1.165, 1.54) is 0 Å². The van der Waals surface area contributed by atoms with Crippen LogP contribution in [0.4, 0.5) is 0 Å². The van der Waals surface area contributed by atoms with E-state index in [2.05, 4.69) is 5.32 Å². The second kappa shape index (κ2) is 11.4. The van der Waals surface area contributed by atoms with Crippen LogP contribution >= 0.6 is 35.6 Å². The van der Waals surface area contributed by atoms with Crippen molar-refractivity contribution in [3.63, 3.8) is 0 Å². The van der Waals surface area contributed by atoms with Crippen molar-refractivity contribution in [2.24, 2.45) is 11.7 Å². The molecule has 2 aliphatic rings. The Morgan fingerprint density at radius 1 is 1.13 bits per heavy atom. The number of amides is 2. The first kappa shape index (κ1) is 25.1. The number of benzene rings is 1. The summed E-state index contributed by atoms with van der Waals surface area (Å²) in [6.07, 6.45) is 4.46. The summed E-state index contributed by atoms with van der Waals surface area (Å²) < 4.78 is 6.30. The molecule has 0 aromatic heterocycles. The van der Waals surface area contributed by atoms with Crippen LogP contribution in [-0.2, 0) is 9.59 Å². The van der Waals surface area contributed by atoms with Crippen LogP contribution in [0.15, 0.2) is 24.3 Å². The van der Waals surface area contributed by atoms with Gasteiger partial charge >= 0.3 is 0 Å². The number of nitrogens with one attached hydrogen (secondary N) is 1. The molecule has 3 N–H and O–H groups in total. The van der Waals surface area contributed by atoms with Gasteiger partial charge in [0, 0.05) is 30.7 Å². The molecule has 0 bridgehead atoms. The van der Waals surface area contributed by atoms with Crippen LogP contribution in [0.2, 0.25) is 5.02 Å². The average molecular weight is 479 g/mol. The minimum atomic E-state index is -0.872. The van der Waals surface area contributed by atoms with Crippen molar-refractivity contribution in [2.45, 2.75) is 50.2 Å². The monoisotopic (exact) mass is 477 g/mol. The zero-order chi connectivity index (χ0) is 20.9. The first-order valence-electron chi connectivity index (χ1n) is 10.2. The summed E-state index contributed by atoms with van der Waals surface area (Å²) in [5.74, 6) is 0.877. The molecule has 1 aromatic carbocycles. The maximum Gasteiger partial charge on any atom is 0.266 e. The molecule has 0 atom stereocenters. The minimum absolute atomic E-state index is 0. The summed E-state index contributed by atoms with van der Waals surface area (Å²) in [6, 6.07) is 7.25. The lowest BCUT2D eigenvalue weighted by atomic mass is 9.80. The van der Waals surface area contributed by atoms with Crippen molar-refractivity contribution in [3.05, 3.63) is 29.3 Å². The number of ether oxygens (including phenoxy) is 1.